The maximum absolute atomic E-state index is 8.45. The summed E-state index contributed by atoms with van der Waals surface area (Å²) in [6, 6.07) is 4.29. The molecule has 0 saturated carbocycles. The SMILES string of the molecule is CCC(N)c1csc(CC#N)c1. The molecule has 0 fully saturated rings. The van der Waals surface area contributed by atoms with Crippen LogP contribution in [-0.4, -0.2) is 0 Å². The fourth-order valence-electron chi connectivity index (χ4n) is 0.998. The first-order chi connectivity index (χ1) is 5.77. The van der Waals surface area contributed by atoms with E-state index in [-0.39, 0.29) is 6.04 Å². The second-order valence-corrected chi connectivity index (χ2v) is 3.69. The molecule has 1 aromatic heterocycles. The van der Waals surface area contributed by atoms with Crippen LogP contribution in [0, 0.1) is 11.3 Å². The fourth-order valence-corrected chi connectivity index (χ4v) is 1.88. The Balaban J connectivity index is 2.71. The Labute approximate surface area is 76.6 Å². The van der Waals surface area contributed by atoms with Crippen LogP contribution < -0.4 is 5.73 Å². The maximum Gasteiger partial charge on any atom is 0.0695 e. The second-order valence-electron chi connectivity index (χ2n) is 2.70. The lowest BCUT2D eigenvalue weighted by atomic mass is 10.1. The van der Waals surface area contributed by atoms with Crippen molar-refractivity contribution in [3.8, 4) is 6.07 Å². The van der Waals surface area contributed by atoms with Crippen molar-refractivity contribution in [2.45, 2.75) is 25.8 Å². The molecule has 64 valence electrons. The van der Waals surface area contributed by atoms with Crippen LogP contribution in [-0.2, 0) is 6.42 Å². The number of hydrogen-bond donors (Lipinski definition) is 1. The lowest BCUT2D eigenvalue weighted by Gasteiger charge is -2.03. The summed E-state index contributed by atoms with van der Waals surface area (Å²) in [4.78, 5) is 1.11. The van der Waals surface area contributed by atoms with Gasteiger partial charge in [-0.15, -0.1) is 11.3 Å². The van der Waals surface area contributed by atoms with Gasteiger partial charge in [0.15, 0.2) is 0 Å². The fraction of sp³-hybridized carbons (Fsp3) is 0.444. The van der Waals surface area contributed by atoms with Crippen LogP contribution in [0.15, 0.2) is 11.4 Å². The van der Waals surface area contributed by atoms with Crippen LogP contribution in [0.1, 0.15) is 29.8 Å². The summed E-state index contributed by atoms with van der Waals surface area (Å²) < 4.78 is 0. The molecule has 0 aliphatic heterocycles. The first-order valence-electron chi connectivity index (χ1n) is 3.97. The molecule has 0 amide bonds. The molecular weight excluding hydrogens is 168 g/mol. The molecule has 0 aliphatic carbocycles. The van der Waals surface area contributed by atoms with Crippen molar-refractivity contribution in [3.63, 3.8) is 0 Å². The Bertz CT molecular complexity index is 285. The third kappa shape index (κ3) is 2.07. The number of hydrogen-bond acceptors (Lipinski definition) is 3. The van der Waals surface area contributed by atoms with Crippen molar-refractivity contribution in [2.75, 3.05) is 0 Å². The molecule has 12 heavy (non-hydrogen) atoms. The van der Waals surface area contributed by atoms with E-state index in [1.165, 1.54) is 0 Å². The van der Waals surface area contributed by atoms with Crippen molar-refractivity contribution in [3.05, 3.63) is 21.9 Å². The lowest BCUT2D eigenvalue weighted by molar-refractivity contribution is 0.701. The third-order valence-electron chi connectivity index (χ3n) is 1.80. The highest BCUT2D eigenvalue weighted by Crippen LogP contribution is 2.21. The average Bonchev–Trinajstić information content (AvgIpc) is 2.52. The lowest BCUT2D eigenvalue weighted by Crippen LogP contribution is -2.06. The zero-order chi connectivity index (χ0) is 8.97. The van der Waals surface area contributed by atoms with Crippen molar-refractivity contribution >= 4 is 11.3 Å². The monoisotopic (exact) mass is 180 g/mol. The standard InChI is InChI=1S/C9H12N2S/c1-2-9(11)7-5-8(3-4-10)12-6-7/h5-6,9H,2-3,11H2,1H3. The van der Waals surface area contributed by atoms with E-state index in [0.717, 1.165) is 16.9 Å². The second kappa shape index (κ2) is 4.24. The van der Waals surface area contributed by atoms with E-state index in [1.807, 2.05) is 11.4 Å². The summed E-state index contributed by atoms with van der Waals surface area (Å²) in [5.41, 5.74) is 6.99. The number of nitrogens with zero attached hydrogens (tertiary/aromatic N) is 1. The van der Waals surface area contributed by atoms with Crippen molar-refractivity contribution in [2.24, 2.45) is 5.73 Å². The number of thiophene rings is 1. The third-order valence-corrected chi connectivity index (χ3v) is 2.75. The van der Waals surface area contributed by atoms with Crippen LogP contribution >= 0.6 is 11.3 Å². The summed E-state index contributed by atoms with van der Waals surface area (Å²) in [5.74, 6) is 0. The molecule has 0 bridgehead atoms. The van der Waals surface area contributed by atoms with Gasteiger partial charge in [0, 0.05) is 10.9 Å². The highest BCUT2D eigenvalue weighted by Gasteiger charge is 2.05. The van der Waals surface area contributed by atoms with Crippen molar-refractivity contribution in [1.82, 2.24) is 0 Å². The Kier molecular flexibility index (Phi) is 3.27. The quantitative estimate of drug-likeness (QED) is 0.775. The topological polar surface area (TPSA) is 49.8 Å². The molecule has 1 aromatic rings. The summed E-state index contributed by atoms with van der Waals surface area (Å²) >= 11 is 1.62. The first-order valence-corrected chi connectivity index (χ1v) is 4.85. The molecule has 3 heteroatoms. The molecule has 0 spiro atoms. The Hall–Kier alpha value is -0.850. The molecule has 0 aliphatic rings. The van der Waals surface area contributed by atoms with Gasteiger partial charge in [-0.3, -0.25) is 0 Å². The molecule has 0 radical (unpaired) electrons. The van der Waals surface area contributed by atoms with Crippen molar-refractivity contribution < 1.29 is 0 Å². The van der Waals surface area contributed by atoms with Crippen LogP contribution in [0.2, 0.25) is 0 Å². The zero-order valence-corrected chi connectivity index (χ0v) is 7.90. The minimum atomic E-state index is 0.133. The molecule has 1 atom stereocenters. The van der Waals surface area contributed by atoms with Gasteiger partial charge in [0.1, 0.15) is 0 Å². The normalized spacial score (nSPS) is 12.4. The maximum atomic E-state index is 8.45. The van der Waals surface area contributed by atoms with Gasteiger partial charge < -0.3 is 5.73 Å². The molecule has 0 aromatic carbocycles. The molecule has 1 rings (SSSR count). The molecule has 0 saturated heterocycles. The Morgan fingerprint density at radius 1 is 1.75 bits per heavy atom. The van der Waals surface area contributed by atoms with Gasteiger partial charge in [-0.25, -0.2) is 0 Å². The van der Waals surface area contributed by atoms with Crippen LogP contribution in [0.4, 0.5) is 0 Å². The summed E-state index contributed by atoms with van der Waals surface area (Å²) in [7, 11) is 0. The van der Waals surface area contributed by atoms with Gasteiger partial charge in [-0.2, -0.15) is 5.26 Å². The minimum absolute atomic E-state index is 0.133. The molecule has 1 unspecified atom stereocenters. The van der Waals surface area contributed by atoms with Gasteiger partial charge in [0.05, 0.1) is 12.5 Å². The van der Waals surface area contributed by atoms with Crippen molar-refractivity contribution in [1.29, 1.82) is 5.26 Å². The summed E-state index contributed by atoms with van der Waals surface area (Å²) in [5, 5.41) is 10.5. The predicted molar refractivity (Wildman–Crippen MR) is 50.9 cm³/mol. The number of nitrogens with two attached hydrogens (primary N) is 1. The molecular formula is C9H12N2S. The van der Waals surface area contributed by atoms with Crippen LogP contribution in [0.25, 0.3) is 0 Å². The van der Waals surface area contributed by atoms with Crippen LogP contribution in [0.3, 0.4) is 0 Å². The van der Waals surface area contributed by atoms with E-state index in [1.54, 1.807) is 11.3 Å². The summed E-state index contributed by atoms with van der Waals surface area (Å²) in [6.07, 6.45) is 1.45. The highest BCUT2D eigenvalue weighted by atomic mass is 32.1. The van der Waals surface area contributed by atoms with E-state index in [0.29, 0.717) is 6.42 Å². The predicted octanol–water partition coefficient (Wildman–Crippen LogP) is 2.22. The Morgan fingerprint density at radius 3 is 3.08 bits per heavy atom. The largest absolute Gasteiger partial charge is 0.324 e. The Morgan fingerprint density at radius 2 is 2.50 bits per heavy atom. The van der Waals surface area contributed by atoms with E-state index in [2.05, 4.69) is 13.0 Å². The molecule has 1 heterocycles. The minimum Gasteiger partial charge on any atom is -0.324 e. The van der Waals surface area contributed by atoms with E-state index < -0.39 is 0 Å². The number of rotatable bonds is 3. The van der Waals surface area contributed by atoms with Crippen LogP contribution in [0.5, 0.6) is 0 Å². The van der Waals surface area contributed by atoms with Gasteiger partial charge in [0.25, 0.3) is 0 Å². The smallest absolute Gasteiger partial charge is 0.0695 e. The van der Waals surface area contributed by atoms with Gasteiger partial charge in [-0.1, -0.05) is 6.92 Å². The summed E-state index contributed by atoms with van der Waals surface area (Å²) in [6.45, 7) is 2.06. The van der Waals surface area contributed by atoms with E-state index in [9.17, 15) is 0 Å². The zero-order valence-electron chi connectivity index (χ0n) is 7.08. The van der Waals surface area contributed by atoms with Gasteiger partial charge in [0.2, 0.25) is 0 Å². The van der Waals surface area contributed by atoms with E-state index >= 15 is 0 Å². The first kappa shape index (κ1) is 9.24. The average molecular weight is 180 g/mol. The van der Waals surface area contributed by atoms with Gasteiger partial charge in [-0.05, 0) is 23.4 Å². The van der Waals surface area contributed by atoms with E-state index in [4.69, 9.17) is 11.0 Å². The molecule has 2 N–H and O–H groups in total. The molecule has 2 nitrogen and oxygen atoms in total. The number of nitriles is 1. The van der Waals surface area contributed by atoms with Gasteiger partial charge >= 0.3 is 0 Å². The highest BCUT2D eigenvalue weighted by molar-refractivity contribution is 7.10.